The minimum absolute atomic E-state index is 0.243. The monoisotopic (exact) mass is 262 g/mol. The average molecular weight is 262 g/mol. The molecule has 0 radical (unpaired) electrons. The first-order chi connectivity index (χ1) is 9.04. The Kier molecular flexibility index (Phi) is 4.12. The van der Waals surface area contributed by atoms with Crippen LogP contribution in [0.4, 0.5) is 14.5 Å². The second-order valence-electron chi connectivity index (χ2n) is 4.65. The van der Waals surface area contributed by atoms with Gasteiger partial charge in [0.15, 0.2) is 0 Å². The van der Waals surface area contributed by atoms with Crippen LogP contribution in [0.5, 0.6) is 0 Å². The molecule has 0 amide bonds. The maximum absolute atomic E-state index is 13.1. The molecule has 0 fully saturated rings. The molecule has 2 nitrogen and oxygen atoms in total. The molecule has 0 unspecified atom stereocenters. The molecule has 0 spiro atoms. The predicted octanol–water partition coefficient (Wildman–Crippen LogP) is 3.18. The van der Waals surface area contributed by atoms with Crippen LogP contribution in [0.1, 0.15) is 11.1 Å². The van der Waals surface area contributed by atoms with E-state index in [0.717, 1.165) is 11.1 Å². The van der Waals surface area contributed by atoms with E-state index in [9.17, 15) is 8.78 Å². The summed E-state index contributed by atoms with van der Waals surface area (Å²) in [4.78, 5) is 2.00. The van der Waals surface area contributed by atoms with Gasteiger partial charge in [-0.1, -0.05) is 18.2 Å². The van der Waals surface area contributed by atoms with E-state index in [-0.39, 0.29) is 11.6 Å². The molecule has 0 aliphatic heterocycles. The number of nitrogens with two attached hydrogens (primary N) is 1. The van der Waals surface area contributed by atoms with Crippen molar-refractivity contribution in [2.24, 2.45) is 0 Å². The molecule has 2 N–H and O–H groups in total. The standard InChI is InChI=1S/C15H16F2N2/c1-19(9-11-3-2-4-13(16)7-11)10-12-5-6-14(17)8-15(12)18/h2-8H,9-10,18H2,1H3. The number of hydrogen-bond donors (Lipinski definition) is 1. The number of nitrogen functional groups attached to an aromatic ring is 1. The Bertz CT molecular complexity index is 570. The largest absolute Gasteiger partial charge is 0.398 e. The normalized spacial score (nSPS) is 10.9. The van der Waals surface area contributed by atoms with Crippen molar-refractivity contribution in [3.63, 3.8) is 0 Å². The maximum Gasteiger partial charge on any atom is 0.125 e. The van der Waals surface area contributed by atoms with Gasteiger partial charge in [0.05, 0.1) is 0 Å². The van der Waals surface area contributed by atoms with Gasteiger partial charge >= 0.3 is 0 Å². The van der Waals surface area contributed by atoms with Crippen LogP contribution >= 0.6 is 0 Å². The van der Waals surface area contributed by atoms with Gasteiger partial charge in [-0.3, -0.25) is 4.90 Å². The van der Waals surface area contributed by atoms with Crippen LogP contribution in [0.15, 0.2) is 42.5 Å². The van der Waals surface area contributed by atoms with E-state index in [1.807, 2.05) is 18.0 Å². The lowest BCUT2D eigenvalue weighted by atomic mass is 10.1. The van der Waals surface area contributed by atoms with Gasteiger partial charge in [0, 0.05) is 18.8 Å². The molecule has 0 saturated carbocycles. The Morgan fingerprint density at radius 1 is 1.00 bits per heavy atom. The number of nitrogens with zero attached hydrogens (tertiary/aromatic N) is 1. The molecular weight excluding hydrogens is 246 g/mol. The Labute approximate surface area is 111 Å². The summed E-state index contributed by atoms with van der Waals surface area (Å²) in [7, 11) is 1.91. The molecule has 19 heavy (non-hydrogen) atoms. The van der Waals surface area contributed by atoms with Gasteiger partial charge in [0.1, 0.15) is 11.6 Å². The highest BCUT2D eigenvalue weighted by atomic mass is 19.1. The fraction of sp³-hybridized carbons (Fsp3) is 0.200. The highest BCUT2D eigenvalue weighted by Gasteiger charge is 2.06. The van der Waals surface area contributed by atoms with Crippen LogP contribution in [0.3, 0.4) is 0 Å². The van der Waals surface area contributed by atoms with E-state index in [4.69, 9.17) is 5.73 Å². The molecule has 4 heteroatoms. The smallest absolute Gasteiger partial charge is 0.125 e. The van der Waals surface area contributed by atoms with Gasteiger partial charge in [-0.2, -0.15) is 0 Å². The number of benzene rings is 2. The zero-order valence-corrected chi connectivity index (χ0v) is 10.7. The van der Waals surface area contributed by atoms with Crippen molar-refractivity contribution < 1.29 is 8.78 Å². The molecule has 0 atom stereocenters. The van der Waals surface area contributed by atoms with Crippen LogP contribution in [-0.4, -0.2) is 11.9 Å². The minimum atomic E-state index is -0.339. The Morgan fingerprint density at radius 2 is 1.74 bits per heavy atom. The quantitative estimate of drug-likeness (QED) is 0.857. The van der Waals surface area contributed by atoms with Crippen LogP contribution in [0, 0.1) is 11.6 Å². The number of halogens is 2. The lowest BCUT2D eigenvalue weighted by Gasteiger charge is -2.18. The van der Waals surface area contributed by atoms with Gasteiger partial charge in [-0.15, -0.1) is 0 Å². The molecule has 0 bridgehead atoms. The van der Waals surface area contributed by atoms with Crippen molar-refractivity contribution in [1.29, 1.82) is 0 Å². The molecule has 2 aromatic rings. The Morgan fingerprint density at radius 3 is 2.42 bits per heavy atom. The van der Waals surface area contributed by atoms with E-state index in [0.29, 0.717) is 18.8 Å². The third-order valence-electron chi connectivity index (χ3n) is 2.89. The van der Waals surface area contributed by atoms with Gasteiger partial charge in [-0.05, 0) is 42.4 Å². The van der Waals surface area contributed by atoms with Crippen molar-refractivity contribution in [3.8, 4) is 0 Å². The van der Waals surface area contributed by atoms with Crippen LogP contribution in [0.25, 0.3) is 0 Å². The minimum Gasteiger partial charge on any atom is -0.398 e. The fourth-order valence-corrected chi connectivity index (χ4v) is 2.00. The zero-order valence-electron chi connectivity index (χ0n) is 10.7. The summed E-state index contributed by atoms with van der Waals surface area (Å²) in [6.07, 6.45) is 0. The first-order valence-electron chi connectivity index (χ1n) is 6.01. The van der Waals surface area contributed by atoms with Crippen molar-refractivity contribution >= 4 is 5.69 Å². The van der Waals surface area contributed by atoms with Crippen LogP contribution in [0.2, 0.25) is 0 Å². The number of hydrogen-bond acceptors (Lipinski definition) is 2. The lowest BCUT2D eigenvalue weighted by molar-refractivity contribution is 0.319. The maximum atomic E-state index is 13.1. The van der Waals surface area contributed by atoms with Crippen molar-refractivity contribution in [2.75, 3.05) is 12.8 Å². The molecule has 0 heterocycles. The van der Waals surface area contributed by atoms with Crippen LogP contribution < -0.4 is 5.73 Å². The second kappa shape index (κ2) is 5.80. The molecule has 0 aliphatic rings. The van der Waals surface area contributed by atoms with Gasteiger partial charge in [-0.25, -0.2) is 8.78 Å². The first-order valence-corrected chi connectivity index (χ1v) is 6.01. The van der Waals surface area contributed by atoms with Crippen LogP contribution in [-0.2, 0) is 13.1 Å². The summed E-state index contributed by atoms with van der Waals surface area (Å²) >= 11 is 0. The molecular formula is C15H16F2N2. The highest BCUT2D eigenvalue weighted by molar-refractivity contribution is 5.46. The Hall–Kier alpha value is -1.94. The van der Waals surface area contributed by atoms with Gasteiger partial charge in [0.25, 0.3) is 0 Å². The van der Waals surface area contributed by atoms with Crippen molar-refractivity contribution in [2.45, 2.75) is 13.1 Å². The number of anilines is 1. The summed E-state index contributed by atoms with van der Waals surface area (Å²) in [5, 5.41) is 0. The summed E-state index contributed by atoms with van der Waals surface area (Å²) in [6, 6.07) is 10.9. The molecule has 100 valence electrons. The van der Waals surface area contributed by atoms with E-state index in [1.54, 1.807) is 12.1 Å². The second-order valence-corrected chi connectivity index (χ2v) is 4.65. The Balaban J connectivity index is 2.03. The van der Waals surface area contributed by atoms with E-state index in [1.165, 1.54) is 24.3 Å². The molecule has 2 aromatic carbocycles. The summed E-state index contributed by atoms with van der Waals surface area (Å²) in [5.41, 5.74) is 7.95. The third-order valence-corrected chi connectivity index (χ3v) is 2.89. The molecule has 2 rings (SSSR count). The van der Waals surface area contributed by atoms with E-state index in [2.05, 4.69) is 0 Å². The highest BCUT2D eigenvalue weighted by Crippen LogP contribution is 2.16. The molecule has 0 saturated heterocycles. The first kappa shape index (κ1) is 13.5. The van der Waals surface area contributed by atoms with E-state index >= 15 is 0 Å². The summed E-state index contributed by atoms with van der Waals surface area (Å²) in [5.74, 6) is -0.582. The lowest BCUT2D eigenvalue weighted by Crippen LogP contribution is -2.18. The van der Waals surface area contributed by atoms with Gasteiger partial charge in [0.2, 0.25) is 0 Å². The number of rotatable bonds is 4. The van der Waals surface area contributed by atoms with Gasteiger partial charge < -0.3 is 5.73 Å². The molecule has 0 aromatic heterocycles. The van der Waals surface area contributed by atoms with Crippen molar-refractivity contribution in [1.82, 2.24) is 4.90 Å². The molecule has 0 aliphatic carbocycles. The summed E-state index contributed by atoms with van der Waals surface area (Å²) in [6.45, 7) is 1.19. The topological polar surface area (TPSA) is 29.3 Å². The van der Waals surface area contributed by atoms with E-state index < -0.39 is 0 Å². The average Bonchev–Trinajstić information content (AvgIpc) is 2.33. The predicted molar refractivity (Wildman–Crippen MR) is 72.4 cm³/mol. The SMILES string of the molecule is CN(Cc1cccc(F)c1)Cc1ccc(F)cc1N. The zero-order chi connectivity index (χ0) is 13.8. The fourth-order valence-electron chi connectivity index (χ4n) is 2.00. The summed E-state index contributed by atoms with van der Waals surface area (Å²) < 4.78 is 26.0. The van der Waals surface area contributed by atoms with Crippen molar-refractivity contribution in [3.05, 3.63) is 65.2 Å². The third kappa shape index (κ3) is 3.76.